The van der Waals surface area contributed by atoms with Crippen LogP contribution in [-0.4, -0.2) is 18.2 Å². The van der Waals surface area contributed by atoms with Crippen molar-refractivity contribution in [1.82, 2.24) is 0 Å². The largest absolute Gasteiger partial charge is 0.492 e. The Kier molecular flexibility index (Phi) is 6.51. The molecular weight excluding hydrogens is 590 g/mol. The minimum atomic E-state index is -2.32. The second-order valence-electron chi connectivity index (χ2n) is 6.02. The summed E-state index contributed by atoms with van der Waals surface area (Å²) in [5, 5.41) is 3.88. The van der Waals surface area contributed by atoms with Crippen LogP contribution in [0.4, 0.5) is 27.6 Å². The van der Waals surface area contributed by atoms with Crippen LogP contribution in [0.2, 0.25) is 0 Å². The van der Waals surface area contributed by atoms with E-state index >= 15 is 0 Å². The third-order valence-electron chi connectivity index (χ3n) is 4.09. The van der Waals surface area contributed by atoms with Gasteiger partial charge in [-0.1, -0.05) is 15.9 Å². The van der Waals surface area contributed by atoms with Gasteiger partial charge in [0, 0.05) is 10.0 Å². The van der Waals surface area contributed by atoms with E-state index in [0.717, 1.165) is 3.57 Å². The normalized spacial score (nSPS) is 15.2. The average Bonchev–Trinajstić information content (AvgIpc) is 2.95. The number of hydrogen-bond acceptors (Lipinski definition) is 3. The summed E-state index contributed by atoms with van der Waals surface area (Å²) in [4.78, 5) is 12.8. The lowest BCUT2D eigenvalue weighted by molar-refractivity contribution is -0.114. The molecule has 1 aliphatic heterocycles. The molecule has 0 aliphatic carbocycles. The molecule has 0 saturated heterocycles. The number of anilines is 1. The molecule has 1 aliphatic rings. The molecule has 2 aromatic rings. The molecular formula is C19H11BrF5IN2O2. The first-order valence-electron chi connectivity index (χ1n) is 8.33. The smallest absolute Gasteiger partial charge is 0.280 e. The van der Waals surface area contributed by atoms with Gasteiger partial charge in [0.15, 0.2) is 23.3 Å². The third kappa shape index (κ3) is 3.84. The van der Waals surface area contributed by atoms with Gasteiger partial charge in [0.2, 0.25) is 5.82 Å². The number of carbonyl (C=O) groups is 1. The highest BCUT2D eigenvalue weighted by Gasteiger charge is 2.37. The Labute approximate surface area is 189 Å². The third-order valence-corrected chi connectivity index (χ3v) is 5.35. The fraction of sp³-hybridized carbons (Fsp3) is 0.158. The van der Waals surface area contributed by atoms with E-state index in [9.17, 15) is 26.7 Å². The van der Waals surface area contributed by atoms with Crippen molar-refractivity contribution in [2.75, 3.05) is 11.6 Å². The number of hydrogen-bond donors (Lipinski definition) is 0. The Balaban J connectivity index is 2.13. The predicted molar refractivity (Wildman–Crippen MR) is 113 cm³/mol. The predicted octanol–water partition coefficient (Wildman–Crippen LogP) is 5.95. The van der Waals surface area contributed by atoms with E-state index in [-0.39, 0.29) is 16.3 Å². The van der Waals surface area contributed by atoms with Gasteiger partial charge in [-0.05, 0) is 54.6 Å². The van der Waals surface area contributed by atoms with Gasteiger partial charge >= 0.3 is 0 Å². The number of benzene rings is 2. The van der Waals surface area contributed by atoms with Crippen molar-refractivity contribution < 1.29 is 31.5 Å². The zero-order chi connectivity index (χ0) is 22.3. The summed E-state index contributed by atoms with van der Waals surface area (Å²) in [6.07, 6.45) is 1.38. The van der Waals surface area contributed by atoms with Crippen molar-refractivity contribution in [2.45, 2.75) is 13.8 Å². The van der Waals surface area contributed by atoms with E-state index in [1.165, 1.54) is 13.0 Å². The SMILES string of the molecule is CCOc1c(I)cc(Br)cc1/C=C1\C(=O)N(c2c(F)c(F)c(F)c(F)c2F)N=C1C. The maximum Gasteiger partial charge on any atom is 0.280 e. The van der Waals surface area contributed by atoms with Crippen LogP contribution in [0.15, 0.2) is 27.3 Å². The molecule has 1 heterocycles. The fourth-order valence-electron chi connectivity index (χ4n) is 2.75. The second-order valence-corrected chi connectivity index (χ2v) is 8.10. The van der Waals surface area contributed by atoms with Crippen molar-refractivity contribution in [3.8, 4) is 5.75 Å². The summed E-state index contributed by atoms with van der Waals surface area (Å²) in [7, 11) is 0. The summed E-state index contributed by atoms with van der Waals surface area (Å²) in [5.74, 6) is -11.5. The fourth-order valence-corrected chi connectivity index (χ4v) is 4.46. The van der Waals surface area contributed by atoms with Crippen LogP contribution in [0.25, 0.3) is 6.08 Å². The van der Waals surface area contributed by atoms with E-state index in [1.54, 1.807) is 19.1 Å². The number of hydrazone groups is 1. The molecule has 0 saturated carbocycles. The lowest BCUT2D eigenvalue weighted by atomic mass is 10.1. The van der Waals surface area contributed by atoms with E-state index in [0.29, 0.717) is 22.4 Å². The standard InChI is InChI=1S/C19H11BrF5IN2O2/c1-3-30-18-8(4-9(20)6-11(18)26)5-10-7(2)27-28(19(10)29)17-15(24)13(22)12(21)14(23)16(17)25/h4-6H,3H2,1-2H3/b10-5-. The molecule has 0 unspecified atom stereocenters. The number of halogens is 7. The van der Waals surface area contributed by atoms with Gasteiger partial charge in [-0.3, -0.25) is 4.79 Å². The van der Waals surface area contributed by atoms with Gasteiger partial charge in [0.05, 0.1) is 21.5 Å². The van der Waals surface area contributed by atoms with Gasteiger partial charge in [0.25, 0.3) is 5.91 Å². The lowest BCUT2D eigenvalue weighted by Crippen LogP contribution is -2.25. The molecule has 11 heteroatoms. The Morgan fingerprint density at radius 1 is 1.10 bits per heavy atom. The van der Waals surface area contributed by atoms with Crippen LogP contribution < -0.4 is 9.75 Å². The molecule has 0 aromatic heterocycles. The van der Waals surface area contributed by atoms with Crippen LogP contribution in [0.1, 0.15) is 19.4 Å². The second kappa shape index (κ2) is 8.61. The maximum absolute atomic E-state index is 14.1. The van der Waals surface area contributed by atoms with Gasteiger partial charge in [-0.15, -0.1) is 0 Å². The molecule has 0 radical (unpaired) electrons. The van der Waals surface area contributed by atoms with Crippen molar-refractivity contribution >= 4 is 61.9 Å². The summed E-state index contributed by atoms with van der Waals surface area (Å²) in [6, 6.07) is 3.44. The molecule has 1 amide bonds. The van der Waals surface area contributed by atoms with Crippen LogP contribution in [0.5, 0.6) is 5.75 Å². The van der Waals surface area contributed by atoms with E-state index < -0.39 is 40.7 Å². The van der Waals surface area contributed by atoms with Crippen molar-refractivity contribution in [3.63, 3.8) is 0 Å². The summed E-state index contributed by atoms with van der Waals surface area (Å²) < 4.78 is 75.8. The van der Waals surface area contributed by atoms with E-state index in [4.69, 9.17) is 4.74 Å². The number of rotatable bonds is 4. The van der Waals surface area contributed by atoms with Gasteiger partial charge in [-0.2, -0.15) is 10.1 Å². The number of carbonyl (C=O) groups excluding carboxylic acids is 1. The molecule has 4 nitrogen and oxygen atoms in total. The maximum atomic E-state index is 14.1. The van der Waals surface area contributed by atoms with Gasteiger partial charge in [-0.25, -0.2) is 22.0 Å². The number of nitrogens with zero attached hydrogens (tertiary/aromatic N) is 2. The highest BCUT2D eigenvalue weighted by molar-refractivity contribution is 14.1. The Morgan fingerprint density at radius 3 is 2.23 bits per heavy atom. The molecule has 0 N–H and O–H groups in total. The van der Waals surface area contributed by atoms with Crippen molar-refractivity contribution in [3.05, 3.63) is 60.4 Å². The molecule has 158 valence electrons. The Bertz CT molecular complexity index is 1110. The van der Waals surface area contributed by atoms with Crippen molar-refractivity contribution in [2.24, 2.45) is 5.10 Å². The molecule has 0 spiro atoms. The topological polar surface area (TPSA) is 41.9 Å². The van der Waals surface area contributed by atoms with Gasteiger partial charge in [0.1, 0.15) is 11.4 Å². The zero-order valence-corrected chi connectivity index (χ0v) is 19.0. The Hall–Kier alpha value is -2.02. The molecule has 3 rings (SSSR count). The molecule has 0 atom stereocenters. The van der Waals surface area contributed by atoms with Crippen molar-refractivity contribution in [1.29, 1.82) is 0 Å². The van der Waals surface area contributed by atoms with Crippen LogP contribution >= 0.6 is 38.5 Å². The summed E-state index contributed by atoms with van der Waals surface area (Å²) >= 11 is 5.37. The van der Waals surface area contributed by atoms with Gasteiger partial charge < -0.3 is 4.74 Å². The summed E-state index contributed by atoms with van der Waals surface area (Å²) in [5.41, 5.74) is -1.03. The molecule has 0 bridgehead atoms. The lowest BCUT2D eigenvalue weighted by Gasteiger charge is -2.15. The van der Waals surface area contributed by atoms with Crippen LogP contribution in [0, 0.1) is 32.7 Å². The highest BCUT2D eigenvalue weighted by Crippen LogP contribution is 2.36. The van der Waals surface area contributed by atoms with Crippen LogP contribution in [-0.2, 0) is 4.79 Å². The monoisotopic (exact) mass is 600 g/mol. The quantitative estimate of drug-likeness (QED) is 0.143. The van der Waals surface area contributed by atoms with E-state index in [1.807, 2.05) is 22.6 Å². The average molecular weight is 601 g/mol. The highest BCUT2D eigenvalue weighted by atomic mass is 127. The van der Waals surface area contributed by atoms with Crippen LogP contribution in [0.3, 0.4) is 0 Å². The van der Waals surface area contributed by atoms with E-state index in [2.05, 4.69) is 21.0 Å². The molecule has 30 heavy (non-hydrogen) atoms. The number of amides is 1. The Morgan fingerprint density at radius 2 is 1.67 bits per heavy atom. The zero-order valence-electron chi connectivity index (χ0n) is 15.3. The molecule has 0 fully saturated rings. The number of ether oxygens (including phenoxy) is 1. The first-order chi connectivity index (χ1) is 14.1. The molecule has 2 aromatic carbocycles. The summed E-state index contributed by atoms with van der Waals surface area (Å²) in [6.45, 7) is 3.48. The minimum Gasteiger partial charge on any atom is -0.492 e. The first-order valence-corrected chi connectivity index (χ1v) is 10.2. The first kappa shape index (κ1) is 22.7. The minimum absolute atomic E-state index is 0.0290.